The summed E-state index contributed by atoms with van der Waals surface area (Å²) in [5.41, 5.74) is 1.82. The van der Waals surface area contributed by atoms with Gasteiger partial charge >= 0.3 is 0 Å². The molecule has 16 heavy (non-hydrogen) atoms. The standard InChI is InChI=1S/C13H18N2O/c1-10-5-2-3-7-12(10)13(16)15-11-6-4-8-14-9-11/h2-3,5,7,11,14H,4,6,8-9H2,1H3,(H,15,16). The minimum absolute atomic E-state index is 0.0480. The van der Waals surface area contributed by atoms with Crippen LogP contribution in [0.3, 0.4) is 0 Å². The van der Waals surface area contributed by atoms with E-state index in [-0.39, 0.29) is 11.9 Å². The average molecular weight is 218 g/mol. The van der Waals surface area contributed by atoms with E-state index in [4.69, 9.17) is 0 Å². The van der Waals surface area contributed by atoms with Gasteiger partial charge in [0.2, 0.25) is 0 Å². The number of benzene rings is 1. The number of amides is 1. The normalized spacial score (nSPS) is 20.4. The molecule has 3 nitrogen and oxygen atoms in total. The largest absolute Gasteiger partial charge is 0.348 e. The lowest BCUT2D eigenvalue weighted by molar-refractivity contribution is 0.0930. The molecule has 1 aromatic carbocycles. The molecule has 0 saturated carbocycles. The van der Waals surface area contributed by atoms with Crippen LogP contribution in [0.5, 0.6) is 0 Å². The molecule has 1 fully saturated rings. The van der Waals surface area contributed by atoms with Crippen LogP contribution in [0.1, 0.15) is 28.8 Å². The molecule has 2 N–H and O–H groups in total. The second-order valence-electron chi connectivity index (χ2n) is 4.33. The molecule has 1 heterocycles. The molecule has 3 heteroatoms. The SMILES string of the molecule is Cc1ccccc1C(=O)NC1CCCNC1. The summed E-state index contributed by atoms with van der Waals surface area (Å²) < 4.78 is 0. The predicted molar refractivity (Wildman–Crippen MR) is 64.5 cm³/mol. The lowest BCUT2D eigenvalue weighted by Gasteiger charge is -2.24. The van der Waals surface area contributed by atoms with Gasteiger partial charge in [-0.15, -0.1) is 0 Å². The highest BCUT2D eigenvalue weighted by atomic mass is 16.1. The maximum absolute atomic E-state index is 12.0. The predicted octanol–water partition coefficient (Wildman–Crippen LogP) is 1.48. The highest BCUT2D eigenvalue weighted by Gasteiger charge is 2.16. The summed E-state index contributed by atoms with van der Waals surface area (Å²) in [7, 11) is 0. The van der Waals surface area contributed by atoms with E-state index < -0.39 is 0 Å². The Labute approximate surface area is 96.2 Å². The molecule has 1 amide bonds. The second-order valence-corrected chi connectivity index (χ2v) is 4.33. The molecule has 1 aliphatic heterocycles. The Morgan fingerprint density at radius 2 is 2.25 bits per heavy atom. The molecule has 1 unspecified atom stereocenters. The fraction of sp³-hybridized carbons (Fsp3) is 0.462. The van der Waals surface area contributed by atoms with Crippen molar-refractivity contribution in [1.82, 2.24) is 10.6 Å². The number of piperidine rings is 1. The summed E-state index contributed by atoms with van der Waals surface area (Å²) in [6, 6.07) is 7.98. The van der Waals surface area contributed by atoms with Gasteiger partial charge in [0, 0.05) is 18.2 Å². The van der Waals surface area contributed by atoms with Gasteiger partial charge in [0.05, 0.1) is 0 Å². The summed E-state index contributed by atoms with van der Waals surface area (Å²) in [6.45, 7) is 3.92. The lowest BCUT2D eigenvalue weighted by Crippen LogP contribution is -2.45. The zero-order chi connectivity index (χ0) is 11.4. The van der Waals surface area contributed by atoms with E-state index >= 15 is 0 Å². The summed E-state index contributed by atoms with van der Waals surface area (Å²) in [6.07, 6.45) is 2.21. The van der Waals surface area contributed by atoms with E-state index in [9.17, 15) is 4.79 Å². The fourth-order valence-electron chi connectivity index (χ4n) is 2.07. The smallest absolute Gasteiger partial charge is 0.251 e. The summed E-state index contributed by atoms with van der Waals surface area (Å²) in [4.78, 5) is 12.0. The van der Waals surface area contributed by atoms with E-state index in [1.165, 1.54) is 0 Å². The number of nitrogens with one attached hydrogen (secondary N) is 2. The monoisotopic (exact) mass is 218 g/mol. The summed E-state index contributed by atoms with van der Waals surface area (Å²) >= 11 is 0. The minimum atomic E-state index is 0.0480. The number of aryl methyl sites for hydroxylation is 1. The molecular weight excluding hydrogens is 200 g/mol. The van der Waals surface area contributed by atoms with Crippen molar-refractivity contribution in [3.05, 3.63) is 35.4 Å². The molecular formula is C13H18N2O. The van der Waals surface area contributed by atoms with Gasteiger partial charge < -0.3 is 10.6 Å². The molecule has 1 saturated heterocycles. The van der Waals surface area contributed by atoms with Crippen molar-refractivity contribution in [2.75, 3.05) is 13.1 Å². The first kappa shape index (κ1) is 11.1. The highest BCUT2D eigenvalue weighted by Crippen LogP contribution is 2.08. The Kier molecular flexibility index (Phi) is 3.57. The fourth-order valence-corrected chi connectivity index (χ4v) is 2.07. The Bertz CT molecular complexity index is 370. The van der Waals surface area contributed by atoms with Crippen molar-refractivity contribution in [3.8, 4) is 0 Å². The molecule has 2 rings (SSSR count). The average Bonchev–Trinajstić information content (AvgIpc) is 2.31. The Morgan fingerprint density at radius 3 is 2.94 bits per heavy atom. The third-order valence-electron chi connectivity index (χ3n) is 3.02. The highest BCUT2D eigenvalue weighted by molar-refractivity contribution is 5.95. The van der Waals surface area contributed by atoms with Crippen LogP contribution in [0.2, 0.25) is 0 Å². The number of carbonyl (C=O) groups excluding carboxylic acids is 1. The van der Waals surface area contributed by atoms with Crippen LogP contribution in [0.4, 0.5) is 0 Å². The summed E-state index contributed by atoms with van der Waals surface area (Å²) in [5.74, 6) is 0.0480. The molecule has 1 aliphatic rings. The van der Waals surface area contributed by atoms with Crippen molar-refractivity contribution < 1.29 is 4.79 Å². The Hall–Kier alpha value is -1.35. The van der Waals surface area contributed by atoms with Crippen LogP contribution < -0.4 is 10.6 Å². The zero-order valence-corrected chi connectivity index (χ0v) is 9.62. The van der Waals surface area contributed by atoms with Gasteiger partial charge in [-0.25, -0.2) is 0 Å². The van der Waals surface area contributed by atoms with Gasteiger partial charge in [0.15, 0.2) is 0 Å². The first-order chi connectivity index (χ1) is 7.77. The molecule has 1 atom stereocenters. The topological polar surface area (TPSA) is 41.1 Å². The molecule has 86 valence electrons. The van der Waals surface area contributed by atoms with Gasteiger partial charge in [0.25, 0.3) is 5.91 Å². The number of rotatable bonds is 2. The molecule has 0 radical (unpaired) electrons. The van der Waals surface area contributed by atoms with Crippen LogP contribution in [0, 0.1) is 6.92 Å². The zero-order valence-electron chi connectivity index (χ0n) is 9.62. The van der Waals surface area contributed by atoms with Gasteiger partial charge in [-0.3, -0.25) is 4.79 Å². The van der Waals surface area contributed by atoms with Gasteiger partial charge in [0.1, 0.15) is 0 Å². The van der Waals surface area contributed by atoms with E-state index in [0.717, 1.165) is 37.1 Å². The quantitative estimate of drug-likeness (QED) is 0.789. The first-order valence-corrected chi connectivity index (χ1v) is 5.84. The van der Waals surface area contributed by atoms with Crippen LogP contribution in [-0.2, 0) is 0 Å². The Morgan fingerprint density at radius 1 is 1.44 bits per heavy atom. The van der Waals surface area contributed by atoms with Crippen LogP contribution in [0.25, 0.3) is 0 Å². The van der Waals surface area contributed by atoms with E-state index in [1.54, 1.807) is 0 Å². The van der Waals surface area contributed by atoms with Crippen LogP contribution in [-0.4, -0.2) is 25.0 Å². The first-order valence-electron chi connectivity index (χ1n) is 5.84. The maximum atomic E-state index is 12.0. The van der Waals surface area contributed by atoms with Crippen molar-refractivity contribution in [1.29, 1.82) is 0 Å². The number of hydrogen-bond acceptors (Lipinski definition) is 2. The molecule has 0 bridgehead atoms. The molecule has 0 aromatic heterocycles. The Balaban J connectivity index is 2.00. The van der Waals surface area contributed by atoms with Gasteiger partial charge in [-0.05, 0) is 37.9 Å². The molecule has 0 spiro atoms. The van der Waals surface area contributed by atoms with E-state index in [0.29, 0.717) is 0 Å². The third-order valence-corrected chi connectivity index (χ3v) is 3.02. The second kappa shape index (κ2) is 5.12. The van der Waals surface area contributed by atoms with Gasteiger partial charge in [-0.2, -0.15) is 0 Å². The van der Waals surface area contributed by atoms with Crippen molar-refractivity contribution in [3.63, 3.8) is 0 Å². The molecule has 1 aromatic rings. The number of carbonyl (C=O) groups is 1. The van der Waals surface area contributed by atoms with Crippen LogP contribution >= 0.6 is 0 Å². The van der Waals surface area contributed by atoms with Crippen LogP contribution in [0.15, 0.2) is 24.3 Å². The molecule has 0 aliphatic carbocycles. The van der Waals surface area contributed by atoms with Gasteiger partial charge in [-0.1, -0.05) is 18.2 Å². The maximum Gasteiger partial charge on any atom is 0.251 e. The minimum Gasteiger partial charge on any atom is -0.348 e. The third kappa shape index (κ3) is 2.61. The van der Waals surface area contributed by atoms with E-state index in [2.05, 4.69) is 10.6 Å². The number of hydrogen-bond donors (Lipinski definition) is 2. The van der Waals surface area contributed by atoms with Crippen molar-refractivity contribution >= 4 is 5.91 Å². The lowest BCUT2D eigenvalue weighted by atomic mass is 10.1. The van der Waals surface area contributed by atoms with Crippen molar-refractivity contribution in [2.24, 2.45) is 0 Å². The van der Waals surface area contributed by atoms with Crippen molar-refractivity contribution in [2.45, 2.75) is 25.8 Å². The van der Waals surface area contributed by atoms with E-state index in [1.807, 2.05) is 31.2 Å². The summed E-state index contributed by atoms with van der Waals surface area (Å²) in [5, 5.41) is 6.37.